The highest BCUT2D eigenvalue weighted by Crippen LogP contribution is 2.30. The fourth-order valence-electron chi connectivity index (χ4n) is 4.25. The second-order valence-electron chi connectivity index (χ2n) is 8.72. The zero-order valence-electron chi connectivity index (χ0n) is 20.1. The van der Waals surface area contributed by atoms with Crippen molar-refractivity contribution in [2.45, 2.75) is 0 Å². The Morgan fingerprint density at radius 2 is 1.24 bits per heavy atom. The molecule has 3 heterocycles. The summed E-state index contributed by atoms with van der Waals surface area (Å²) in [6.07, 6.45) is 11.6. The Morgan fingerprint density at radius 1 is 0.541 bits per heavy atom. The summed E-state index contributed by atoms with van der Waals surface area (Å²) in [6, 6.07) is 37.5. The van der Waals surface area contributed by atoms with Gasteiger partial charge < -0.3 is 4.57 Å². The molecular weight excluding hydrogens is 452 g/mol. The van der Waals surface area contributed by atoms with Crippen LogP contribution < -0.4 is 0 Å². The summed E-state index contributed by atoms with van der Waals surface area (Å²) in [5, 5.41) is 0. The van der Waals surface area contributed by atoms with E-state index in [1.807, 2.05) is 47.2 Å². The highest BCUT2D eigenvalue weighted by molar-refractivity contribution is 5.77. The Hall–Kier alpha value is -5.09. The molecular formula is C33H24N4. The zero-order valence-corrected chi connectivity index (χ0v) is 20.1. The van der Waals surface area contributed by atoms with E-state index in [1.54, 1.807) is 18.7 Å². The molecule has 0 fully saturated rings. The molecule has 0 saturated carbocycles. The van der Waals surface area contributed by atoms with E-state index in [2.05, 4.69) is 94.9 Å². The van der Waals surface area contributed by atoms with Crippen LogP contribution in [0.4, 0.5) is 0 Å². The first-order chi connectivity index (χ1) is 18.3. The maximum absolute atomic E-state index is 4.92. The van der Waals surface area contributed by atoms with Gasteiger partial charge in [0.15, 0.2) is 0 Å². The average molecular weight is 477 g/mol. The van der Waals surface area contributed by atoms with Gasteiger partial charge >= 0.3 is 0 Å². The zero-order chi connectivity index (χ0) is 24.9. The van der Waals surface area contributed by atoms with Crippen molar-refractivity contribution in [2.75, 3.05) is 0 Å². The normalized spacial score (nSPS) is 11.1. The molecule has 0 amide bonds. The minimum absolute atomic E-state index is 0.861. The third-order valence-electron chi connectivity index (χ3n) is 6.23. The minimum atomic E-state index is 0.861. The van der Waals surface area contributed by atoms with Crippen LogP contribution in [0.1, 0.15) is 11.1 Å². The molecule has 0 atom stereocenters. The molecule has 37 heavy (non-hydrogen) atoms. The smallest absolute Gasteiger partial charge is 0.0991 e. The van der Waals surface area contributed by atoms with E-state index < -0.39 is 0 Å². The van der Waals surface area contributed by atoms with Gasteiger partial charge in [-0.05, 0) is 58.7 Å². The van der Waals surface area contributed by atoms with Crippen LogP contribution in [0.15, 0.2) is 134 Å². The number of pyridine rings is 2. The fourth-order valence-corrected chi connectivity index (χ4v) is 4.25. The summed E-state index contributed by atoms with van der Waals surface area (Å²) in [5.41, 5.74) is 9.37. The quantitative estimate of drug-likeness (QED) is 0.230. The van der Waals surface area contributed by atoms with Gasteiger partial charge in [0.1, 0.15) is 0 Å². The van der Waals surface area contributed by atoms with E-state index in [0.29, 0.717) is 0 Å². The van der Waals surface area contributed by atoms with Crippen molar-refractivity contribution in [3.63, 3.8) is 0 Å². The minimum Gasteiger partial charge on any atom is -0.306 e. The molecule has 0 spiro atoms. The summed E-state index contributed by atoms with van der Waals surface area (Å²) in [5.74, 6) is 0. The van der Waals surface area contributed by atoms with Crippen molar-refractivity contribution < 1.29 is 0 Å². The van der Waals surface area contributed by atoms with Crippen LogP contribution in [0.3, 0.4) is 0 Å². The molecule has 0 N–H and O–H groups in total. The number of rotatable bonds is 6. The van der Waals surface area contributed by atoms with Crippen molar-refractivity contribution in [1.82, 2.24) is 19.5 Å². The van der Waals surface area contributed by atoms with Crippen molar-refractivity contribution in [1.29, 1.82) is 0 Å². The lowest BCUT2D eigenvalue weighted by Gasteiger charge is -2.10. The molecule has 6 aromatic rings. The largest absolute Gasteiger partial charge is 0.306 e. The lowest BCUT2D eigenvalue weighted by atomic mass is 10.00. The highest BCUT2D eigenvalue weighted by Gasteiger charge is 2.09. The topological polar surface area (TPSA) is 43.6 Å². The third kappa shape index (κ3) is 5.14. The van der Waals surface area contributed by atoms with E-state index in [0.717, 1.165) is 50.6 Å². The van der Waals surface area contributed by atoms with Crippen LogP contribution in [0.2, 0.25) is 0 Å². The number of hydrogen-bond acceptors (Lipinski definition) is 3. The first kappa shape index (κ1) is 22.4. The van der Waals surface area contributed by atoms with Crippen LogP contribution in [0.5, 0.6) is 0 Å². The van der Waals surface area contributed by atoms with Gasteiger partial charge in [-0.2, -0.15) is 0 Å². The van der Waals surface area contributed by atoms with E-state index in [1.165, 1.54) is 0 Å². The van der Waals surface area contributed by atoms with E-state index in [-0.39, 0.29) is 0 Å². The average Bonchev–Trinajstić information content (AvgIpc) is 3.53. The molecule has 0 saturated heterocycles. The first-order valence-corrected chi connectivity index (χ1v) is 12.2. The molecule has 0 aliphatic heterocycles. The molecule has 0 bridgehead atoms. The van der Waals surface area contributed by atoms with Crippen LogP contribution in [0, 0.1) is 0 Å². The summed E-state index contributed by atoms with van der Waals surface area (Å²) >= 11 is 0. The maximum Gasteiger partial charge on any atom is 0.0991 e. The lowest BCUT2D eigenvalue weighted by Crippen LogP contribution is -1.92. The highest BCUT2D eigenvalue weighted by atomic mass is 15.0. The summed E-state index contributed by atoms with van der Waals surface area (Å²) < 4.78 is 1.99. The van der Waals surface area contributed by atoms with Gasteiger partial charge in [0, 0.05) is 29.8 Å². The van der Waals surface area contributed by atoms with Crippen molar-refractivity contribution >= 4 is 12.2 Å². The maximum atomic E-state index is 4.92. The van der Waals surface area contributed by atoms with Gasteiger partial charge in [0.25, 0.3) is 0 Å². The Labute approximate surface area is 216 Å². The number of benzene rings is 3. The standard InChI is InChI=1S/C33H24N4/c1-2-6-28(7-3-1)32-22-29(23-33(36-32)31-8-4-5-19-35-31)27-15-11-25(12-16-27)9-10-26-13-17-30(18-14-26)37-21-20-34-24-37/h1-24H/b10-9+. The van der Waals surface area contributed by atoms with E-state index >= 15 is 0 Å². The van der Waals surface area contributed by atoms with Crippen molar-refractivity contribution in [3.8, 4) is 39.5 Å². The summed E-state index contributed by atoms with van der Waals surface area (Å²) in [6.45, 7) is 0. The Morgan fingerprint density at radius 3 is 1.92 bits per heavy atom. The molecule has 0 unspecified atom stereocenters. The molecule has 6 rings (SSSR count). The molecule has 0 radical (unpaired) electrons. The van der Waals surface area contributed by atoms with Crippen LogP contribution in [-0.4, -0.2) is 19.5 Å². The SMILES string of the molecule is C(=C\c1ccc(-n2ccnc2)cc1)/c1ccc(-c2cc(-c3ccccc3)nc(-c3ccccn3)c2)cc1. The van der Waals surface area contributed by atoms with Gasteiger partial charge in [0.05, 0.1) is 23.4 Å². The van der Waals surface area contributed by atoms with Gasteiger partial charge in [-0.1, -0.05) is 84.9 Å². The molecule has 176 valence electrons. The molecule has 3 aromatic carbocycles. The lowest BCUT2D eigenvalue weighted by molar-refractivity contribution is 1.06. The first-order valence-electron chi connectivity index (χ1n) is 12.2. The van der Waals surface area contributed by atoms with Crippen LogP contribution in [0.25, 0.3) is 51.6 Å². The van der Waals surface area contributed by atoms with Crippen molar-refractivity contribution in [3.05, 3.63) is 145 Å². The Balaban J connectivity index is 1.27. The summed E-state index contributed by atoms with van der Waals surface area (Å²) in [4.78, 5) is 13.6. The monoisotopic (exact) mass is 476 g/mol. The van der Waals surface area contributed by atoms with Gasteiger partial charge in [0.2, 0.25) is 0 Å². The second kappa shape index (κ2) is 10.3. The van der Waals surface area contributed by atoms with Crippen LogP contribution >= 0.6 is 0 Å². The molecule has 0 aliphatic rings. The van der Waals surface area contributed by atoms with E-state index in [4.69, 9.17) is 4.98 Å². The predicted molar refractivity (Wildman–Crippen MR) is 151 cm³/mol. The third-order valence-corrected chi connectivity index (χ3v) is 6.23. The molecule has 0 aliphatic carbocycles. The number of aromatic nitrogens is 4. The van der Waals surface area contributed by atoms with E-state index in [9.17, 15) is 0 Å². The number of nitrogens with zero attached hydrogens (tertiary/aromatic N) is 4. The second-order valence-corrected chi connectivity index (χ2v) is 8.72. The fraction of sp³-hybridized carbons (Fsp3) is 0. The molecule has 3 aromatic heterocycles. The number of imidazole rings is 1. The summed E-state index contributed by atoms with van der Waals surface area (Å²) in [7, 11) is 0. The molecule has 4 heteroatoms. The van der Waals surface area contributed by atoms with Gasteiger partial charge in [-0.3, -0.25) is 4.98 Å². The van der Waals surface area contributed by atoms with Crippen molar-refractivity contribution in [2.24, 2.45) is 0 Å². The predicted octanol–water partition coefficient (Wildman–Crippen LogP) is 7.83. The molecule has 4 nitrogen and oxygen atoms in total. The Kier molecular flexibility index (Phi) is 6.21. The van der Waals surface area contributed by atoms with Gasteiger partial charge in [-0.25, -0.2) is 9.97 Å². The van der Waals surface area contributed by atoms with Gasteiger partial charge in [-0.15, -0.1) is 0 Å². The number of hydrogen-bond donors (Lipinski definition) is 0. The Bertz CT molecular complexity index is 1560. The van der Waals surface area contributed by atoms with Crippen LogP contribution in [-0.2, 0) is 0 Å².